The van der Waals surface area contributed by atoms with Crippen molar-refractivity contribution >= 4 is 32.6 Å². The zero-order chi connectivity index (χ0) is 18.7. The van der Waals surface area contributed by atoms with Crippen molar-refractivity contribution in [3.05, 3.63) is 24.3 Å². The van der Waals surface area contributed by atoms with Gasteiger partial charge in [0, 0.05) is 19.1 Å². The van der Waals surface area contributed by atoms with E-state index in [1.165, 1.54) is 0 Å². The number of para-hydroxylation sites is 1. The molecule has 0 bridgehead atoms. The van der Waals surface area contributed by atoms with Crippen molar-refractivity contribution in [1.82, 2.24) is 14.8 Å². The van der Waals surface area contributed by atoms with Crippen molar-refractivity contribution in [3.63, 3.8) is 0 Å². The summed E-state index contributed by atoms with van der Waals surface area (Å²) in [6, 6.07) is 8.53. The Morgan fingerprint density at radius 3 is 2.77 bits per heavy atom. The molecule has 5 nitrogen and oxygen atoms in total. The van der Waals surface area contributed by atoms with E-state index in [2.05, 4.69) is 41.7 Å². The van der Waals surface area contributed by atoms with Crippen LogP contribution < -0.4 is 4.90 Å². The van der Waals surface area contributed by atoms with Gasteiger partial charge in [0.1, 0.15) is 0 Å². The summed E-state index contributed by atoms with van der Waals surface area (Å²) in [6.45, 7) is 11.0. The molecule has 1 aliphatic heterocycles. The van der Waals surface area contributed by atoms with Crippen LogP contribution in [0.2, 0.25) is 0 Å². The van der Waals surface area contributed by atoms with E-state index in [1.807, 2.05) is 30.0 Å². The highest BCUT2D eigenvalue weighted by Gasteiger charge is 2.30. The number of hydrogen-bond donors (Lipinski definition) is 0. The van der Waals surface area contributed by atoms with Gasteiger partial charge in [-0.15, -0.1) is 0 Å². The molecule has 1 aromatic heterocycles. The number of benzene rings is 1. The zero-order valence-corrected chi connectivity index (χ0v) is 17.1. The summed E-state index contributed by atoms with van der Waals surface area (Å²) in [6.07, 6.45) is 1.13. The van der Waals surface area contributed by atoms with E-state index < -0.39 is 0 Å². The van der Waals surface area contributed by atoms with Gasteiger partial charge in [0.05, 0.1) is 16.8 Å². The molecule has 1 amide bonds. The smallest absolute Gasteiger partial charge is 0.242 e. The largest absolute Gasteiger partial charge is 0.303 e. The van der Waals surface area contributed by atoms with Gasteiger partial charge in [0.25, 0.3) is 0 Å². The van der Waals surface area contributed by atoms with Crippen LogP contribution in [0.15, 0.2) is 24.3 Å². The fourth-order valence-electron chi connectivity index (χ4n) is 3.97. The van der Waals surface area contributed by atoms with Crippen molar-refractivity contribution in [2.45, 2.75) is 33.2 Å². The van der Waals surface area contributed by atoms with E-state index in [0.717, 1.165) is 41.4 Å². The number of likely N-dealkylation sites (N-methyl/N-ethyl adjacent to an activating group) is 2. The predicted octanol–water partition coefficient (Wildman–Crippen LogP) is 3.31. The molecule has 0 spiro atoms. The summed E-state index contributed by atoms with van der Waals surface area (Å²) < 4.78 is 1.13. The number of likely N-dealkylation sites (tertiary alicyclic amines) is 1. The summed E-state index contributed by atoms with van der Waals surface area (Å²) in [7, 11) is 2.09. The Morgan fingerprint density at radius 1 is 1.35 bits per heavy atom. The second kappa shape index (κ2) is 8.46. The Bertz CT molecular complexity index is 713. The maximum Gasteiger partial charge on any atom is 0.242 e. The molecule has 1 aliphatic rings. The minimum Gasteiger partial charge on any atom is -0.303 e. The van der Waals surface area contributed by atoms with Crippen LogP contribution in [0.5, 0.6) is 0 Å². The first-order valence-electron chi connectivity index (χ1n) is 9.62. The average Bonchev–Trinajstić information content (AvgIpc) is 3.05. The monoisotopic (exact) mass is 374 g/mol. The first-order valence-corrected chi connectivity index (χ1v) is 10.4. The number of carbonyl (C=O) groups is 1. The van der Waals surface area contributed by atoms with Gasteiger partial charge in [0.15, 0.2) is 5.13 Å². The van der Waals surface area contributed by atoms with Crippen molar-refractivity contribution in [2.75, 3.05) is 44.7 Å². The maximum atomic E-state index is 13.0. The van der Waals surface area contributed by atoms with Crippen LogP contribution in [0.3, 0.4) is 0 Å². The Balaban J connectivity index is 1.67. The number of anilines is 1. The number of carbonyl (C=O) groups excluding carboxylic acids is 1. The van der Waals surface area contributed by atoms with Crippen LogP contribution in [0.1, 0.15) is 27.2 Å². The molecule has 0 radical (unpaired) electrons. The molecular formula is C20H30N4OS. The van der Waals surface area contributed by atoms with Crippen molar-refractivity contribution in [3.8, 4) is 0 Å². The lowest BCUT2D eigenvalue weighted by Gasteiger charge is -2.41. The SMILES string of the molecule is CCN1CC[C@H](N(C)CC(=O)N(CC)c2nc3ccccc3s2)[C@@H](C)C1. The van der Waals surface area contributed by atoms with Gasteiger partial charge in [-0.05, 0) is 51.5 Å². The fraction of sp³-hybridized carbons (Fsp3) is 0.600. The van der Waals surface area contributed by atoms with Gasteiger partial charge in [-0.25, -0.2) is 4.98 Å². The number of thiazole rings is 1. The van der Waals surface area contributed by atoms with Crippen molar-refractivity contribution in [2.24, 2.45) is 5.92 Å². The number of amides is 1. The molecule has 1 saturated heterocycles. The molecule has 26 heavy (non-hydrogen) atoms. The van der Waals surface area contributed by atoms with E-state index in [9.17, 15) is 4.79 Å². The van der Waals surface area contributed by atoms with Crippen LogP contribution in [0.4, 0.5) is 5.13 Å². The van der Waals surface area contributed by atoms with Crippen LogP contribution in [-0.2, 0) is 4.79 Å². The molecule has 0 saturated carbocycles. The zero-order valence-electron chi connectivity index (χ0n) is 16.3. The Hall–Kier alpha value is -1.50. The first-order chi connectivity index (χ1) is 12.5. The summed E-state index contributed by atoms with van der Waals surface area (Å²) in [4.78, 5) is 24.2. The third-order valence-electron chi connectivity index (χ3n) is 5.47. The minimum absolute atomic E-state index is 0.138. The number of rotatable bonds is 6. The molecule has 1 fully saturated rings. The molecule has 2 heterocycles. The number of hydrogen-bond acceptors (Lipinski definition) is 5. The van der Waals surface area contributed by atoms with Crippen LogP contribution >= 0.6 is 11.3 Å². The molecule has 2 atom stereocenters. The van der Waals surface area contributed by atoms with Gasteiger partial charge in [-0.1, -0.05) is 37.3 Å². The van der Waals surface area contributed by atoms with Crippen LogP contribution in [0.25, 0.3) is 10.2 Å². The highest BCUT2D eigenvalue weighted by molar-refractivity contribution is 7.22. The lowest BCUT2D eigenvalue weighted by atomic mass is 9.92. The lowest BCUT2D eigenvalue weighted by molar-refractivity contribution is -0.120. The van der Waals surface area contributed by atoms with E-state index in [1.54, 1.807) is 11.3 Å². The molecule has 0 aliphatic carbocycles. The summed E-state index contributed by atoms with van der Waals surface area (Å²) in [5.74, 6) is 0.721. The molecular weight excluding hydrogens is 344 g/mol. The summed E-state index contributed by atoms with van der Waals surface area (Å²) in [5, 5.41) is 0.806. The standard InChI is InChI=1S/C20H30N4OS/c1-5-23-12-11-17(15(3)13-23)22(4)14-19(25)24(6-2)20-21-16-9-7-8-10-18(16)26-20/h7-10,15,17H,5-6,11-14H2,1-4H3/t15-,17-/m0/s1. The van der Waals surface area contributed by atoms with E-state index >= 15 is 0 Å². The highest BCUT2D eigenvalue weighted by atomic mass is 32.1. The predicted molar refractivity (Wildman–Crippen MR) is 110 cm³/mol. The molecule has 6 heteroatoms. The number of aromatic nitrogens is 1. The van der Waals surface area contributed by atoms with Crippen molar-refractivity contribution in [1.29, 1.82) is 0 Å². The topological polar surface area (TPSA) is 39.7 Å². The maximum absolute atomic E-state index is 13.0. The Morgan fingerprint density at radius 2 is 2.12 bits per heavy atom. The van der Waals surface area contributed by atoms with Gasteiger partial charge < -0.3 is 4.90 Å². The van der Waals surface area contributed by atoms with Crippen LogP contribution in [0, 0.1) is 5.92 Å². The van der Waals surface area contributed by atoms with Gasteiger partial charge >= 0.3 is 0 Å². The highest BCUT2D eigenvalue weighted by Crippen LogP contribution is 2.29. The van der Waals surface area contributed by atoms with Crippen LogP contribution in [-0.4, -0.2) is 66.5 Å². The molecule has 2 aromatic rings. The third kappa shape index (κ3) is 4.08. The second-order valence-corrected chi connectivity index (χ2v) is 8.25. The number of nitrogens with zero attached hydrogens (tertiary/aromatic N) is 4. The van der Waals surface area contributed by atoms with E-state index in [0.29, 0.717) is 25.0 Å². The molecule has 3 rings (SSSR count). The Labute approximate surface area is 160 Å². The molecule has 0 N–H and O–H groups in total. The van der Waals surface area contributed by atoms with Gasteiger partial charge in [-0.3, -0.25) is 14.6 Å². The summed E-state index contributed by atoms with van der Waals surface area (Å²) in [5.41, 5.74) is 0.965. The minimum atomic E-state index is 0.138. The molecule has 1 aromatic carbocycles. The molecule has 142 valence electrons. The van der Waals surface area contributed by atoms with Gasteiger partial charge in [-0.2, -0.15) is 0 Å². The van der Waals surface area contributed by atoms with Crippen molar-refractivity contribution < 1.29 is 4.79 Å². The second-order valence-electron chi connectivity index (χ2n) is 7.24. The van der Waals surface area contributed by atoms with Gasteiger partial charge in [0.2, 0.25) is 5.91 Å². The average molecular weight is 375 g/mol. The number of fused-ring (bicyclic) bond motifs is 1. The normalized spacial score (nSPS) is 21.4. The first kappa shape index (κ1) is 19.3. The van der Waals surface area contributed by atoms with E-state index in [4.69, 9.17) is 0 Å². The fourth-order valence-corrected chi connectivity index (χ4v) is 5.02. The third-order valence-corrected chi connectivity index (χ3v) is 6.53. The molecule has 0 unspecified atom stereocenters. The summed E-state index contributed by atoms with van der Waals surface area (Å²) >= 11 is 1.59. The quantitative estimate of drug-likeness (QED) is 0.778. The number of piperidine rings is 1. The van der Waals surface area contributed by atoms with E-state index in [-0.39, 0.29) is 5.91 Å². The Kier molecular flexibility index (Phi) is 6.27. The lowest BCUT2D eigenvalue weighted by Crippen LogP contribution is -2.51.